The quantitative estimate of drug-likeness (QED) is 0.491. The van der Waals surface area contributed by atoms with Crippen molar-refractivity contribution in [2.45, 2.75) is 13.3 Å². The first kappa shape index (κ1) is 19.3. The number of hydrogen-bond donors (Lipinski definition) is 1. The summed E-state index contributed by atoms with van der Waals surface area (Å²) in [6.07, 6.45) is 0.953. The number of ether oxygens (including phenoxy) is 1. The standard InChI is InChI=1S/C9H12O2.Ca.H2O4S/c1-2-7-11-9-6-4-3-5-8(9)10;;1-5(2,3)4/h3-6,10H,2,7H2,1H3;;(H2,1,2,3,4)/q;+2;/p-2. The Bertz CT molecular complexity index is 398. The van der Waals surface area contributed by atoms with Gasteiger partial charge in [0.25, 0.3) is 0 Å². The average molecular weight is 288 g/mol. The molecule has 8 heteroatoms. The van der Waals surface area contributed by atoms with E-state index in [2.05, 4.69) is 0 Å². The van der Waals surface area contributed by atoms with Crippen LogP contribution in [0.4, 0.5) is 0 Å². The largest absolute Gasteiger partial charge is 2.00 e. The first-order valence-corrected chi connectivity index (χ1v) is 5.75. The van der Waals surface area contributed by atoms with Crippen LogP contribution >= 0.6 is 0 Å². The molecule has 1 N–H and O–H groups in total. The number of hydrogen-bond acceptors (Lipinski definition) is 6. The van der Waals surface area contributed by atoms with Crippen LogP contribution in [0.2, 0.25) is 0 Å². The molecule has 0 aliphatic heterocycles. The maximum Gasteiger partial charge on any atom is 2.00 e. The van der Waals surface area contributed by atoms with Gasteiger partial charge >= 0.3 is 37.7 Å². The van der Waals surface area contributed by atoms with Crippen molar-refractivity contribution in [2.75, 3.05) is 6.61 Å². The van der Waals surface area contributed by atoms with Crippen molar-refractivity contribution in [3.05, 3.63) is 24.3 Å². The van der Waals surface area contributed by atoms with Crippen molar-refractivity contribution in [1.29, 1.82) is 0 Å². The molecule has 0 saturated carbocycles. The minimum Gasteiger partial charge on any atom is -0.759 e. The Morgan fingerprint density at radius 2 is 1.76 bits per heavy atom. The molecule has 0 radical (unpaired) electrons. The van der Waals surface area contributed by atoms with Gasteiger partial charge in [-0.2, -0.15) is 0 Å². The number of para-hydroxylation sites is 2. The van der Waals surface area contributed by atoms with Gasteiger partial charge in [-0.25, -0.2) is 0 Å². The minimum atomic E-state index is -5.17. The van der Waals surface area contributed by atoms with E-state index in [9.17, 15) is 5.11 Å². The van der Waals surface area contributed by atoms with Crippen molar-refractivity contribution < 1.29 is 27.4 Å². The van der Waals surface area contributed by atoms with Gasteiger partial charge in [-0.1, -0.05) is 19.1 Å². The third-order valence-electron chi connectivity index (χ3n) is 1.33. The van der Waals surface area contributed by atoms with E-state index in [0.717, 1.165) is 6.42 Å². The van der Waals surface area contributed by atoms with E-state index in [-0.39, 0.29) is 43.5 Å². The summed E-state index contributed by atoms with van der Waals surface area (Å²) in [5, 5.41) is 9.21. The van der Waals surface area contributed by atoms with Gasteiger partial charge in [-0.15, -0.1) is 0 Å². The summed E-state index contributed by atoms with van der Waals surface area (Å²) in [5.41, 5.74) is 0. The summed E-state index contributed by atoms with van der Waals surface area (Å²) in [7, 11) is -5.17. The van der Waals surface area contributed by atoms with E-state index in [4.69, 9.17) is 22.3 Å². The van der Waals surface area contributed by atoms with E-state index in [0.29, 0.717) is 12.4 Å². The van der Waals surface area contributed by atoms with Gasteiger partial charge in [0.1, 0.15) is 0 Å². The van der Waals surface area contributed by atoms with Crippen LogP contribution in [0.1, 0.15) is 13.3 Å². The Morgan fingerprint density at radius 3 is 2.18 bits per heavy atom. The second-order valence-corrected chi connectivity index (χ2v) is 3.54. The number of phenolic OH excluding ortho intramolecular Hbond substituents is 1. The fourth-order valence-corrected chi connectivity index (χ4v) is 0.791. The maximum atomic E-state index is 9.21. The molecule has 0 bridgehead atoms. The fourth-order valence-electron chi connectivity index (χ4n) is 0.791. The molecule has 1 rings (SSSR count). The maximum absolute atomic E-state index is 9.21. The van der Waals surface area contributed by atoms with Crippen molar-refractivity contribution in [1.82, 2.24) is 0 Å². The summed E-state index contributed by atoms with van der Waals surface area (Å²) < 4.78 is 39.3. The SMILES string of the molecule is CCCOc1ccccc1O.O=S(=O)([O-])[O-].[Ca+2]. The number of benzene rings is 1. The van der Waals surface area contributed by atoms with E-state index in [1.54, 1.807) is 18.2 Å². The molecular formula is C9H12CaO6S. The predicted molar refractivity (Wildman–Crippen MR) is 60.1 cm³/mol. The minimum absolute atomic E-state index is 0. The molecule has 0 spiro atoms. The molecular weight excluding hydrogens is 276 g/mol. The smallest absolute Gasteiger partial charge is 0.759 e. The molecule has 0 aromatic heterocycles. The van der Waals surface area contributed by atoms with Crippen LogP contribution in [-0.2, 0) is 10.4 Å². The van der Waals surface area contributed by atoms with Crippen LogP contribution in [0.3, 0.4) is 0 Å². The third kappa shape index (κ3) is 13.9. The Kier molecular flexibility index (Phi) is 11.3. The Balaban J connectivity index is 0. The van der Waals surface area contributed by atoms with Crippen LogP contribution in [0.5, 0.6) is 11.5 Å². The molecule has 0 heterocycles. The van der Waals surface area contributed by atoms with E-state index >= 15 is 0 Å². The molecule has 0 amide bonds. The zero-order valence-corrected chi connectivity index (χ0v) is 12.4. The molecule has 6 nitrogen and oxygen atoms in total. The number of phenols is 1. The molecule has 92 valence electrons. The number of rotatable bonds is 3. The van der Waals surface area contributed by atoms with Crippen LogP contribution in [0, 0.1) is 0 Å². The van der Waals surface area contributed by atoms with Gasteiger partial charge in [0.15, 0.2) is 11.5 Å². The summed E-state index contributed by atoms with van der Waals surface area (Å²) >= 11 is 0. The fraction of sp³-hybridized carbons (Fsp3) is 0.333. The van der Waals surface area contributed by atoms with Gasteiger partial charge in [-0.3, -0.25) is 8.42 Å². The molecule has 0 fully saturated rings. The number of aromatic hydroxyl groups is 1. The Morgan fingerprint density at radius 1 is 1.29 bits per heavy atom. The molecule has 0 aliphatic carbocycles. The second-order valence-electron chi connectivity index (χ2n) is 2.72. The summed E-state index contributed by atoms with van der Waals surface area (Å²) in [4.78, 5) is 0. The average Bonchev–Trinajstić information content (AvgIpc) is 2.14. The normalized spacial score (nSPS) is 9.59. The van der Waals surface area contributed by atoms with Crippen molar-refractivity contribution in [3.63, 3.8) is 0 Å². The van der Waals surface area contributed by atoms with Crippen LogP contribution < -0.4 is 4.74 Å². The van der Waals surface area contributed by atoms with Crippen LogP contribution in [0.15, 0.2) is 24.3 Å². The van der Waals surface area contributed by atoms with E-state index in [1.165, 1.54) is 0 Å². The molecule has 0 unspecified atom stereocenters. The first-order chi connectivity index (χ1) is 7.34. The predicted octanol–water partition coefficient (Wildman–Crippen LogP) is 0.462. The monoisotopic (exact) mass is 288 g/mol. The summed E-state index contributed by atoms with van der Waals surface area (Å²) in [6, 6.07) is 6.98. The summed E-state index contributed by atoms with van der Waals surface area (Å²) in [6.45, 7) is 2.68. The topological polar surface area (TPSA) is 110 Å². The van der Waals surface area contributed by atoms with Crippen LogP contribution in [-0.4, -0.2) is 67.0 Å². The summed E-state index contributed by atoms with van der Waals surface area (Å²) in [5.74, 6) is 0.773. The molecule has 0 saturated heterocycles. The van der Waals surface area contributed by atoms with Gasteiger partial charge in [0.05, 0.1) is 6.61 Å². The van der Waals surface area contributed by atoms with E-state index in [1.807, 2.05) is 13.0 Å². The second kappa shape index (κ2) is 9.93. The first-order valence-electron chi connectivity index (χ1n) is 4.42. The third-order valence-corrected chi connectivity index (χ3v) is 1.33. The zero-order valence-electron chi connectivity index (χ0n) is 9.33. The van der Waals surface area contributed by atoms with Crippen LogP contribution in [0.25, 0.3) is 0 Å². The molecule has 0 aliphatic rings. The molecule has 1 aromatic rings. The van der Waals surface area contributed by atoms with Gasteiger partial charge < -0.3 is 18.9 Å². The molecule has 0 atom stereocenters. The van der Waals surface area contributed by atoms with Gasteiger partial charge in [0.2, 0.25) is 0 Å². The zero-order chi connectivity index (χ0) is 12.6. The van der Waals surface area contributed by atoms with Crippen molar-refractivity contribution >= 4 is 48.1 Å². The van der Waals surface area contributed by atoms with E-state index < -0.39 is 10.4 Å². The van der Waals surface area contributed by atoms with Gasteiger partial charge in [0, 0.05) is 10.4 Å². The Labute approximate surface area is 130 Å². The molecule has 1 aromatic carbocycles. The Hall–Kier alpha value is -0.0503. The molecule has 17 heavy (non-hydrogen) atoms. The van der Waals surface area contributed by atoms with Crippen molar-refractivity contribution in [3.8, 4) is 11.5 Å². The van der Waals surface area contributed by atoms with Crippen molar-refractivity contribution in [2.24, 2.45) is 0 Å². The van der Waals surface area contributed by atoms with Gasteiger partial charge in [-0.05, 0) is 18.6 Å².